The Morgan fingerprint density at radius 3 is 2.71 bits per heavy atom. The molecule has 1 aromatic carbocycles. The summed E-state index contributed by atoms with van der Waals surface area (Å²) in [6.45, 7) is 4.35. The molecular weight excluding hydrogens is 480 g/mol. The molecule has 0 bridgehead atoms. The smallest absolute Gasteiger partial charge is 0.258 e. The molecule has 186 valence electrons. The normalized spacial score (nSPS) is 19.3. The van der Waals surface area contributed by atoms with Gasteiger partial charge in [0.15, 0.2) is 5.82 Å². The summed E-state index contributed by atoms with van der Waals surface area (Å²) in [5.74, 6) is -0.691. The van der Waals surface area contributed by atoms with E-state index in [0.717, 1.165) is 12.1 Å². The molecule has 0 saturated carbocycles. The lowest BCUT2D eigenvalue weighted by molar-refractivity contribution is 0.0796. The van der Waals surface area contributed by atoms with Gasteiger partial charge in [0.05, 0.1) is 47.4 Å². The topological polar surface area (TPSA) is 105 Å². The summed E-state index contributed by atoms with van der Waals surface area (Å²) in [4.78, 5) is 25.3. The van der Waals surface area contributed by atoms with Crippen molar-refractivity contribution in [1.82, 2.24) is 19.8 Å². The fourth-order valence-corrected chi connectivity index (χ4v) is 4.25. The molecule has 4 rings (SSSR count). The number of alkyl halides is 1. The molecule has 0 spiro atoms. The summed E-state index contributed by atoms with van der Waals surface area (Å²) in [5, 5.41) is 9.67. The third kappa shape index (κ3) is 5.08. The maximum absolute atomic E-state index is 14.3. The van der Waals surface area contributed by atoms with Crippen LogP contribution in [0.2, 0.25) is 5.02 Å². The number of halogens is 3. The molecule has 1 saturated heterocycles. The van der Waals surface area contributed by atoms with Gasteiger partial charge in [-0.05, 0) is 26.0 Å². The summed E-state index contributed by atoms with van der Waals surface area (Å²) in [7, 11) is 0. The van der Waals surface area contributed by atoms with Crippen molar-refractivity contribution >= 4 is 23.1 Å². The summed E-state index contributed by atoms with van der Waals surface area (Å²) in [6, 6.07) is 3.55. The number of hydrogen-bond acceptors (Lipinski definition) is 7. The lowest BCUT2D eigenvalue weighted by atomic mass is 10.1. The molecule has 1 aromatic heterocycles. The number of hydrogen-bond donors (Lipinski definition) is 2. The number of benzene rings is 1. The van der Waals surface area contributed by atoms with Gasteiger partial charge in [0, 0.05) is 36.8 Å². The summed E-state index contributed by atoms with van der Waals surface area (Å²) in [5.41, 5.74) is 8.83. The first kappa shape index (κ1) is 24.9. The molecule has 0 radical (unpaired) electrons. The number of carbonyl (C=O) groups excluding carboxylic acids is 1. The van der Waals surface area contributed by atoms with Crippen LogP contribution in [-0.2, 0) is 0 Å². The minimum absolute atomic E-state index is 0.0491. The highest BCUT2D eigenvalue weighted by Crippen LogP contribution is 2.30. The average molecular weight is 506 g/mol. The van der Waals surface area contributed by atoms with Crippen LogP contribution in [0.5, 0.6) is 5.75 Å². The summed E-state index contributed by atoms with van der Waals surface area (Å²) < 4.78 is 33.9. The zero-order valence-corrected chi connectivity index (χ0v) is 20.1. The second kappa shape index (κ2) is 10.2. The van der Waals surface area contributed by atoms with Gasteiger partial charge in [0.1, 0.15) is 24.0 Å². The van der Waals surface area contributed by atoms with Gasteiger partial charge in [0.2, 0.25) is 0 Å². The standard InChI is InChI=1S/C24H26ClF2N5O3/c1-13-22(25)14(2)30-23(29-13)17-10-32(11-19(17)28)24(34)16-4-3-15(26)9-21(16)35-12-20-18(27)5-6-31(20)7-8-33/h3-4,9,12,18,33H,5-8,10-11,28H2,1-2H3/b20-12+. The number of aliphatic hydroxyl groups excluding tert-OH is 1. The Morgan fingerprint density at radius 1 is 1.31 bits per heavy atom. The molecule has 1 unspecified atom stereocenters. The Bertz CT molecular complexity index is 1190. The molecule has 2 aliphatic heterocycles. The van der Waals surface area contributed by atoms with Gasteiger partial charge in [-0.3, -0.25) is 4.79 Å². The van der Waals surface area contributed by atoms with E-state index in [1.165, 1.54) is 17.2 Å². The number of likely N-dealkylation sites (tertiary alicyclic amines) is 1. The van der Waals surface area contributed by atoms with E-state index in [2.05, 4.69) is 9.97 Å². The molecule has 1 fully saturated rings. The number of aromatic nitrogens is 2. The summed E-state index contributed by atoms with van der Waals surface area (Å²) >= 11 is 6.17. The van der Waals surface area contributed by atoms with E-state index in [9.17, 15) is 18.7 Å². The second-order valence-corrected chi connectivity index (χ2v) is 8.84. The van der Waals surface area contributed by atoms with Crippen LogP contribution in [0.25, 0.3) is 5.57 Å². The van der Waals surface area contributed by atoms with Gasteiger partial charge < -0.3 is 25.4 Å². The van der Waals surface area contributed by atoms with Crippen LogP contribution < -0.4 is 10.5 Å². The quantitative estimate of drug-likeness (QED) is 0.581. The van der Waals surface area contributed by atoms with E-state index in [1.54, 1.807) is 18.7 Å². The van der Waals surface area contributed by atoms with E-state index >= 15 is 0 Å². The number of aliphatic hydroxyl groups is 1. The van der Waals surface area contributed by atoms with Crippen molar-refractivity contribution in [2.24, 2.45) is 5.73 Å². The van der Waals surface area contributed by atoms with Crippen LogP contribution in [0.1, 0.15) is 34.0 Å². The number of carbonyl (C=O) groups is 1. The van der Waals surface area contributed by atoms with Gasteiger partial charge in [-0.1, -0.05) is 11.6 Å². The monoisotopic (exact) mass is 505 g/mol. The van der Waals surface area contributed by atoms with Crippen LogP contribution in [0, 0.1) is 19.7 Å². The van der Waals surface area contributed by atoms with Crippen LogP contribution in [0.15, 0.2) is 35.9 Å². The highest BCUT2D eigenvalue weighted by molar-refractivity contribution is 6.31. The fourth-order valence-electron chi connectivity index (χ4n) is 4.16. The van der Waals surface area contributed by atoms with Crippen molar-refractivity contribution in [3.05, 3.63) is 69.5 Å². The number of amides is 1. The van der Waals surface area contributed by atoms with Gasteiger partial charge >= 0.3 is 0 Å². The predicted octanol–water partition coefficient (Wildman–Crippen LogP) is 2.97. The van der Waals surface area contributed by atoms with E-state index in [-0.39, 0.29) is 49.7 Å². The Kier molecular flexibility index (Phi) is 7.23. The predicted molar refractivity (Wildman–Crippen MR) is 127 cm³/mol. The highest BCUT2D eigenvalue weighted by Gasteiger charge is 2.31. The van der Waals surface area contributed by atoms with Gasteiger partial charge in [-0.2, -0.15) is 0 Å². The Hall–Kier alpha value is -3.24. The molecule has 3 N–H and O–H groups in total. The zero-order valence-electron chi connectivity index (χ0n) is 19.4. The first-order chi connectivity index (χ1) is 16.7. The summed E-state index contributed by atoms with van der Waals surface area (Å²) in [6.07, 6.45) is 0.163. The molecule has 1 amide bonds. The Labute approximate surface area is 206 Å². The molecule has 0 aliphatic carbocycles. The number of allylic oxidation sites excluding steroid dienone is 1. The van der Waals surface area contributed by atoms with Gasteiger partial charge in [-0.15, -0.1) is 0 Å². The zero-order chi connectivity index (χ0) is 25.3. The van der Waals surface area contributed by atoms with Crippen LogP contribution in [0.4, 0.5) is 8.78 Å². The van der Waals surface area contributed by atoms with Crippen molar-refractivity contribution < 1.29 is 23.4 Å². The minimum Gasteiger partial charge on any atom is -0.462 e. The molecule has 2 aliphatic rings. The first-order valence-corrected chi connectivity index (χ1v) is 11.5. The van der Waals surface area contributed by atoms with Gasteiger partial charge in [0.25, 0.3) is 5.91 Å². The molecule has 2 aromatic rings. The van der Waals surface area contributed by atoms with E-state index in [4.69, 9.17) is 22.1 Å². The Balaban J connectivity index is 1.57. The molecule has 11 heteroatoms. The molecule has 35 heavy (non-hydrogen) atoms. The third-order valence-corrected chi connectivity index (χ3v) is 6.57. The number of nitrogens with zero attached hydrogens (tertiary/aromatic N) is 4. The fraction of sp³-hybridized carbons (Fsp3) is 0.375. The number of nitrogens with two attached hydrogens (primary N) is 1. The molecular formula is C24H26ClF2N5O3. The van der Waals surface area contributed by atoms with Crippen molar-refractivity contribution in [1.29, 1.82) is 0 Å². The maximum atomic E-state index is 14.3. The van der Waals surface area contributed by atoms with E-state index in [0.29, 0.717) is 40.0 Å². The van der Waals surface area contributed by atoms with E-state index in [1.807, 2.05) is 0 Å². The average Bonchev–Trinajstić information content (AvgIpc) is 3.38. The Morgan fingerprint density at radius 2 is 2.03 bits per heavy atom. The SMILES string of the molecule is Cc1nc(C2=C(N)CN(C(=O)c3ccc(F)cc3O/C=C3\C(F)CCN3CCO)C2)nc(C)c1Cl. The van der Waals surface area contributed by atoms with Crippen LogP contribution in [-0.4, -0.2) is 69.7 Å². The third-order valence-electron chi connectivity index (χ3n) is 6.03. The maximum Gasteiger partial charge on any atom is 0.258 e. The van der Waals surface area contributed by atoms with Crippen molar-refractivity contribution in [3.63, 3.8) is 0 Å². The number of rotatable bonds is 6. The van der Waals surface area contributed by atoms with Crippen molar-refractivity contribution in [2.45, 2.75) is 26.4 Å². The number of ether oxygens (including phenoxy) is 1. The molecule has 8 nitrogen and oxygen atoms in total. The van der Waals surface area contributed by atoms with Crippen LogP contribution >= 0.6 is 11.6 Å². The van der Waals surface area contributed by atoms with Crippen molar-refractivity contribution in [3.8, 4) is 5.75 Å². The lowest BCUT2D eigenvalue weighted by Gasteiger charge is -2.20. The van der Waals surface area contributed by atoms with Crippen molar-refractivity contribution in [2.75, 3.05) is 32.8 Å². The molecule has 3 heterocycles. The van der Waals surface area contributed by atoms with E-state index < -0.39 is 17.9 Å². The second-order valence-electron chi connectivity index (χ2n) is 8.46. The number of β-amino-alcohol motifs (C(OH)–C–C–N with tert-alkyl or cyclic N) is 1. The number of aryl methyl sites for hydroxylation is 2. The van der Waals surface area contributed by atoms with Gasteiger partial charge in [-0.25, -0.2) is 18.7 Å². The first-order valence-electron chi connectivity index (χ1n) is 11.1. The highest BCUT2D eigenvalue weighted by atomic mass is 35.5. The van der Waals surface area contributed by atoms with Crippen LogP contribution in [0.3, 0.4) is 0 Å². The minimum atomic E-state index is -1.27. The lowest BCUT2D eigenvalue weighted by Crippen LogP contribution is -2.30. The molecule has 1 atom stereocenters. The largest absolute Gasteiger partial charge is 0.462 e.